The molecule has 0 aromatic heterocycles. The largest absolute Gasteiger partial charge is 0.497 e. The quantitative estimate of drug-likeness (QED) is 0.258. The Kier molecular flexibility index (Phi) is 7.67. The minimum absolute atomic E-state index is 0.0876. The van der Waals surface area contributed by atoms with Crippen molar-refractivity contribution in [3.63, 3.8) is 0 Å². The lowest BCUT2D eigenvalue weighted by Crippen LogP contribution is -2.63. The predicted octanol–water partition coefficient (Wildman–Crippen LogP) is 6.68. The Morgan fingerprint density at radius 2 is 1.37 bits per heavy atom. The van der Waals surface area contributed by atoms with Crippen LogP contribution in [0.1, 0.15) is 29.5 Å². The summed E-state index contributed by atoms with van der Waals surface area (Å²) in [5.74, 6) is -15.3. The first-order valence-electron chi connectivity index (χ1n) is 10.6. The van der Waals surface area contributed by atoms with Crippen LogP contribution in [0.15, 0.2) is 42.5 Å². The Morgan fingerprint density at radius 1 is 0.763 bits per heavy atom. The Balaban J connectivity index is 2.26. The number of ether oxygens (including phenoxy) is 2. The third-order valence-corrected chi connectivity index (χ3v) is 7.02. The first-order valence-corrected chi connectivity index (χ1v) is 12.0. The number of hydrogen-bond donors (Lipinski definition) is 0. The van der Waals surface area contributed by atoms with Gasteiger partial charge in [-0.1, -0.05) is 12.1 Å². The van der Waals surface area contributed by atoms with Gasteiger partial charge in [-0.05, 0) is 60.7 Å². The van der Waals surface area contributed by atoms with Gasteiger partial charge in [0.1, 0.15) is 11.5 Å². The number of halogens is 9. The van der Waals surface area contributed by atoms with Gasteiger partial charge in [0.2, 0.25) is 0 Å². The van der Waals surface area contributed by atoms with Crippen molar-refractivity contribution in [1.82, 2.24) is 0 Å². The molecule has 15 heteroatoms. The van der Waals surface area contributed by atoms with Crippen molar-refractivity contribution >= 4 is 21.5 Å². The highest BCUT2D eigenvalue weighted by molar-refractivity contribution is 7.88. The molecule has 5 nitrogen and oxygen atoms in total. The number of methoxy groups -OCH3 is 2. The van der Waals surface area contributed by atoms with Gasteiger partial charge in [0.05, 0.1) is 14.2 Å². The minimum Gasteiger partial charge on any atom is -0.497 e. The summed E-state index contributed by atoms with van der Waals surface area (Å²) < 4.78 is 161. The second kappa shape index (κ2) is 9.89. The smallest absolute Gasteiger partial charge is 0.460 e. The summed E-state index contributed by atoms with van der Waals surface area (Å²) in [6.07, 6.45) is -6.86. The molecule has 210 valence electrons. The summed E-state index contributed by atoms with van der Waals surface area (Å²) in [5.41, 5.74) is 0.0570. The lowest BCUT2D eigenvalue weighted by atomic mass is 9.98. The van der Waals surface area contributed by atoms with Crippen LogP contribution >= 0.6 is 0 Å². The van der Waals surface area contributed by atoms with Gasteiger partial charge in [-0.15, -0.1) is 0 Å². The fourth-order valence-electron chi connectivity index (χ4n) is 3.72. The van der Waals surface area contributed by atoms with Gasteiger partial charge in [0, 0.05) is 11.1 Å². The molecule has 0 radical (unpaired) electrons. The van der Waals surface area contributed by atoms with Crippen LogP contribution < -0.4 is 9.47 Å². The molecule has 0 spiro atoms. The number of alkyl halides is 9. The SMILES string of the molecule is COc1cccc(C2=C(OS(=O)(=O)C(F)(F)C(F)(F)C(F)(F)C(F)(F)F)c3ccc(OC)cc3CCC2)c1. The molecule has 0 N–H and O–H groups in total. The third-order valence-electron chi connectivity index (χ3n) is 5.75. The maximum Gasteiger partial charge on any atom is 0.460 e. The summed E-state index contributed by atoms with van der Waals surface area (Å²) in [7, 11) is -4.60. The Hall–Kier alpha value is -3.10. The summed E-state index contributed by atoms with van der Waals surface area (Å²) in [6, 6.07) is 9.42. The van der Waals surface area contributed by atoms with Crippen LogP contribution in [0.5, 0.6) is 11.5 Å². The van der Waals surface area contributed by atoms with Crippen LogP contribution in [-0.2, 0) is 20.7 Å². The van der Waals surface area contributed by atoms with Crippen molar-refractivity contribution < 1.29 is 61.6 Å². The molecule has 38 heavy (non-hydrogen) atoms. The normalized spacial score (nSPS) is 15.6. The molecule has 0 heterocycles. The van der Waals surface area contributed by atoms with Crippen LogP contribution in [0, 0.1) is 0 Å². The topological polar surface area (TPSA) is 61.8 Å². The van der Waals surface area contributed by atoms with Crippen LogP contribution in [0.2, 0.25) is 0 Å². The standard InChI is InChI=1S/C23H19F9O5S/c1-35-15-7-3-5-13(11-15)17-8-4-6-14-12-16(36-2)9-10-18(14)19(17)37-38(33,34)23(31,32)21(26,27)20(24,25)22(28,29)30/h3,5,7,9-12H,4,6,8H2,1-2H3. The summed E-state index contributed by atoms with van der Waals surface area (Å²) in [5, 5.41) is -7.01. The molecule has 1 aliphatic rings. The van der Waals surface area contributed by atoms with E-state index in [-0.39, 0.29) is 53.0 Å². The zero-order valence-electron chi connectivity index (χ0n) is 19.5. The molecule has 0 bridgehead atoms. The second-order valence-electron chi connectivity index (χ2n) is 8.12. The van der Waals surface area contributed by atoms with E-state index >= 15 is 0 Å². The first-order chi connectivity index (χ1) is 17.4. The molecule has 2 aromatic rings. The maximum atomic E-state index is 14.5. The van der Waals surface area contributed by atoms with Gasteiger partial charge in [0.15, 0.2) is 5.76 Å². The zero-order chi connectivity index (χ0) is 28.7. The van der Waals surface area contributed by atoms with E-state index in [9.17, 15) is 47.9 Å². The molecule has 0 aliphatic heterocycles. The highest BCUT2D eigenvalue weighted by Crippen LogP contribution is 2.55. The van der Waals surface area contributed by atoms with Crippen molar-refractivity contribution in [1.29, 1.82) is 0 Å². The molecular formula is C23H19F9O5S. The monoisotopic (exact) mass is 578 g/mol. The maximum absolute atomic E-state index is 14.5. The number of rotatable bonds is 8. The molecule has 2 aromatic carbocycles. The highest BCUT2D eigenvalue weighted by Gasteiger charge is 2.86. The second-order valence-corrected chi connectivity index (χ2v) is 9.70. The highest BCUT2D eigenvalue weighted by atomic mass is 32.2. The first kappa shape index (κ1) is 29.5. The zero-order valence-corrected chi connectivity index (χ0v) is 20.3. The molecule has 1 aliphatic carbocycles. The van der Waals surface area contributed by atoms with Crippen molar-refractivity contribution in [2.45, 2.75) is 42.5 Å². The summed E-state index contributed by atoms with van der Waals surface area (Å²) in [4.78, 5) is 0. The average molecular weight is 578 g/mol. The number of allylic oxidation sites excluding steroid dienone is 1. The predicted molar refractivity (Wildman–Crippen MR) is 117 cm³/mol. The molecular weight excluding hydrogens is 559 g/mol. The molecule has 3 rings (SSSR count). The number of benzene rings is 2. The fraction of sp³-hybridized carbons (Fsp3) is 0.391. The Morgan fingerprint density at radius 3 is 1.95 bits per heavy atom. The van der Waals surface area contributed by atoms with Gasteiger partial charge in [-0.3, -0.25) is 0 Å². The van der Waals surface area contributed by atoms with E-state index < -0.39 is 39.2 Å². The van der Waals surface area contributed by atoms with Gasteiger partial charge in [-0.2, -0.15) is 47.9 Å². The van der Waals surface area contributed by atoms with E-state index in [1.54, 1.807) is 0 Å². The minimum atomic E-state index is -7.43. The summed E-state index contributed by atoms with van der Waals surface area (Å²) in [6.45, 7) is 0. The van der Waals surface area contributed by atoms with E-state index in [4.69, 9.17) is 9.47 Å². The van der Waals surface area contributed by atoms with E-state index in [2.05, 4.69) is 4.18 Å². The van der Waals surface area contributed by atoms with E-state index in [1.807, 2.05) is 0 Å². The van der Waals surface area contributed by atoms with E-state index in [0.717, 1.165) is 6.07 Å². The van der Waals surface area contributed by atoms with E-state index in [1.165, 1.54) is 50.6 Å². The number of fused-ring (bicyclic) bond motifs is 1. The molecule has 0 saturated carbocycles. The Bertz CT molecular complexity index is 1340. The average Bonchev–Trinajstić information content (AvgIpc) is 3.01. The van der Waals surface area contributed by atoms with E-state index in [0.29, 0.717) is 0 Å². The summed E-state index contributed by atoms with van der Waals surface area (Å²) >= 11 is 0. The van der Waals surface area contributed by atoms with Crippen LogP contribution in [-0.4, -0.2) is 45.9 Å². The van der Waals surface area contributed by atoms with Crippen molar-refractivity contribution in [2.75, 3.05) is 14.2 Å². The molecule has 0 atom stereocenters. The molecule has 0 unspecified atom stereocenters. The van der Waals surface area contributed by atoms with Crippen molar-refractivity contribution in [3.05, 3.63) is 59.2 Å². The lowest BCUT2D eigenvalue weighted by molar-refractivity contribution is -0.382. The lowest BCUT2D eigenvalue weighted by Gasteiger charge is -2.33. The fourth-order valence-corrected chi connectivity index (χ4v) is 4.67. The molecule has 0 saturated heterocycles. The number of aryl methyl sites for hydroxylation is 1. The van der Waals surface area contributed by atoms with Crippen LogP contribution in [0.3, 0.4) is 0 Å². The molecule has 0 fully saturated rings. The van der Waals surface area contributed by atoms with Gasteiger partial charge < -0.3 is 13.7 Å². The Labute approximate surface area is 210 Å². The third kappa shape index (κ3) is 4.87. The van der Waals surface area contributed by atoms with Gasteiger partial charge in [-0.25, -0.2) is 0 Å². The van der Waals surface area contributed by atoms with Crippen LogP contribution in [0.4, 0.5) is 39.5 Å². The van der Waals surface area contributed by atoms with Crippen molar-refractivity contribution in [3.8, 4) is 11.5 Å². The van der Waals surface area contributed by atoms with Crippen LogP contribution in [0.25, 0.3) is 11.3 Å². The number of hydrogen-bond acceptors (Lipinski definition) is 5. The van der Waals surface area contributed by atoms with Gasteiger partial charge in [0.25, 0.3) is 0 Å². The van der Waals surface area contributed by atoms with Crippen molar-refractivity contribution in [2.24, 2.45) is 0 Å². The molecule has 0 amide bonds. The van der Waals surface area contributed by atoms with Gasteiger partial charge >= 0.3 is 33.4 Å².